The van der Waals surface area contributed by atoms with E-state index in [9.17, 15) is 0 Å². The Morgan fingerprint density at radius 3 is 2.72 bits per heavy atom. The Morgan fingerprint density at radius 1 is 1.24 bits per heavy atom. The molecule has 4 rings (SSSR count). The molecular weight excluding hydrogens is 477 g/mol. The molecule has 1 aromatic carbocycles. The minimum Gasteiger partial charge on any atom is -0.376 e. The predicted molar refractivity (Wildman–Crippen MR) is 128 cm³/mol. The number of benzene rings is 1. The van der Waals surface area contributed by atoms with Gasteiger partial charge in [-0.2, -0.15) is 0 Å². The predicted octanol–water partition coefficient (Wildman–Crippen LogP) is 4.09. The summed E-state index contributed by atoms with van der Waals surface area (Å²) in [6, 6.07) is 9.28. The fraction of sp³-hybridized carbons (Fsp3) is 0.696. The van der Waals surface area contributed by atoms with Gasteiger partial charge < -0.3 is 19.7 Å². The molecule has 0 spiro atoms. The summed E-state index contributed by atoms with van der Waals surface area (Å²) in [5.41, 5.74) is 2.88. The van der Waals surface area contributed by atoms with Gasteiger partial charge in [-0.15, -0.1) is 24.0 Å². The molecule has 162 valence electrons. The van der Waals surface area contributed by atoms with Crippen LogP contribution in [-0.2, 0) is 9.47 Å². The fourth-order valence-corrected chi connectivity index (χ4v) is 4.51. The zero-order valence-corrected chi connectivity index (χ0v) is 20.1. The Hall–Kier alpha value is -0.860. The van der Waals surface area contributed by atoms with Crippen molar-refractivity contribution in [3.05, 3.63) is 35.4 Å². The van der Waals surface area contributed by atoms with Crippen LogP contribution in [-0.4, -0.2) is 62.0 Å². The standard InChI is InChI=1S/C23H35N3O2.HI/c1-3-24-23(25-22-15-21(22)20-9-5-4-7-17(20)2)26-12-10-18(11-13-26)28-16-19-8-6-14-27-19;/h4-5,7,9,18-19,21-22H,3,6,8,10-16H2,1-2H3,(H,24,25);1H. The third-order valence-electron chi connectivity index (χ3n) is 6.28. The largest absolute Gasteiger partial charge is 0.376 e. The molecule has 0 amide bonds. The molecule has 5 nitrogen and oxygen atoms in total. The van der Waals surface area contributed by atoms with E-state index in [1.165, 1.54) is 24.0 Å². The van der Waals surface area contributed by atoms with Crippen molar-refractivity contribution in [2.75, 3.05) is 32.8 Å². The molecule has 2 aliphatic heterocycles. The normalized spacial score (nSPS) is 27.6. The van der Waals surface area contributed by atoms with Crippen LogP contribution in [0.4, 0.5) is 0 Å². The lowest BCUT2D eigenvalue weighted by Crippen LogP contribution is -2.48. The van der Waals surface area contributed by atoms with Gasteiger partial charge >= 0.3 is 0 Å². The zero-order chi connectivity index (χ0) is 19.3. The van der Waals surface area contributed by atoms with Gasteiger partial charge in [-0.3, -0.25) is 4.99 Å². The topological polar surface area (TPSA) is 46.1 Å². The Bertz CT molecular complexity index is 670. The summed E-state index contributed by atoms with van der Waals surface area (Å²) < 4.78 is 11.8. The maximum atomic E-state index is 6.12. The van der Waals surface area contributed by atoms with Gasteiger partial charge in [-0.25, -0.2) is 0 Å². The van der Waals surface area contributed by atoms with Gasteiger partial charge in [0.25, 0.3) is 0 Å². The summed E-state index contributed by atoms with van der Waals surface area (Å²) in [4.78, 5) is 7.20. The number of hydrogen-bond donors (Lipinski definition) is 1. The van der Waals surface area contributed by atoms with E-state index in [2.05, 4.69) is 48.3 Å². The second-order valence-corrected chi connectivity index (χ2v) is 8.40. The average Bonchev–Trinajstić information content (AvgIpc) is 3.27. The second kappa shape index (κ2) is 11.0. The second-order valence-electron chi connectivity index (χ2n) is 8.40. The van der Waals surface area contributed by atoms with Gasteiger partial charge in [0.05, 0.1) is 18.8 Å². The molecule has 1 aromatic rings. The van der Waals surface area contributed by atoms with E-state index in [1.807, 2.05) is 0 Å². The zero-order valence-electron chi connectivity index (χ0n) is 17.8. The highest BCUT2D eigenvalue weighted by Gasteiger charge is 2.40. The van der Waals surface area contributed by atoms with E-state index in [4.69, 9.17) is 14.5 Å². The van der Waals surface area contributed by atoms with Crippen molar-refractivity contribution >= 4 is 29.9 Å². The molecule has 3 fully saturated rings. The third kappa shape index (κ3) is 6.07. The van der Waals surface area contributed by atoms with Crippen LogP contribution in [0.15, 0.2) is 29.3 Å². The Balaban J connectivity index is 0.00000240. The van der Waals surface area contributed by atoms with Crippen LogP contribution in [0.2, 0.25) is 0 Å². The van der Waals surface area contributed by atoms with Gasteiger partial charge in [0.15, 0.2) is 5.96 Å². The average molecular weight is 513 g/mol. The SMILES string of the molecule is CCN=C(NC1CC1c1ccccc1C)N1CCC(OCC2CCCO2)CC1.I. The number of nitrogens with one attached hydrogen (secondary N) is 1. The van der Waals surface area contributed by atoms with E-state index in [1.54, 1.807) is 0 Å². The first-order valence-corrected chi connectivity index (χ1v) is 11.1. The molecule has 3 atom stereocenters. The summed E-state index contributed by atoms with van der Waals surface area (Å²) >= 11 is 0. The summed E-state index contributed by atoms with van der Waals surface area (Å²) in [5.74, 6) is 1.71. The maximum Gasteiger partial charge on any atom is 0.194 e. The molecule has 2 saturated heterocycles. The highest BCUT2D eigenvalue weighted by atomic mass is 127. The number of likely N-dealkylation sites (tertiary alicyclic amines) is 1. The number of aryl methyl sites for hydroxylation is 1. The molecule has 29 heavy (non-hydrogen) atoms. The van der Waals surface area contributed by atoms with Gasteiger partial charge in [0.1, 0.15) is 0 Å². The van der Waals surface area contributed by atoms with Crippen molar-refractivity contribution in [2.45, 2.75) is 70.1 Å². The number of nitrogens with zero attached hydrogens (tertiary/aromatic N) is 2. The molecule has 0 aromatic heterocycles. The molecule has 0 radical (unpaired) electrons. The van der Waals surface area contributed by atoms with Crippen LogP contribution >= 0.6 is 24.0 Å². The molecule has 1 N–H and O–H groups in total. The van der Waals surface area contributed by atoms with Crippen LogP contribution in [0.1, 0.15) is 56.1 Å². The molecule has 1 saturated carbocycles. The quantitative estimate of drug-likeness (QED) is 0.354. The van der Waals surface area contributed by atoms with Crippen molar-refractivity contribution in [3.8, 4) is 0 Å². The van der Waals surface area contributed by atoms with E-state index in [0.29, 0.717) is 24.2 Å². The summed E-state index contributed by atoms with van der Waals surface area (Å²) in [7, 11) is 0. The van der Waals surface area contributed by atoms with E-state index < -0.39 is 0 Å². The number of rotatable bonds is 6. The fourth-order valence-electron chi connectivity index (χ4n) is 4.51. The molecular formula is C23H36IN3O2. The van der Waals surface area contributed by atoms with Crippen LogP contribution in [0.25, 0.3) is 0 Å². The van der Waals surface area contributed by atoms with Crippen LogP contribution in [0, 0.1) is 6.92 Å². The lowest BCUT2D eigenvalue weighted by molar-refractivity contribution is -0.0367. The maximum absolute atomic E-state index is 6.12. The smallest absolute Gasteiger partial charge is 0.194 e. The molecule has 3 unspecified atom stereocenters. The lowest BCUT2D eigenvalue weighted by Gasteiger charge is -2.34. The number of halogens is 1. The summed E-state index contributed by atoms with van der Waals surface area (Å²) in [6.45, 7) is 8.85. The molecule has 0 bridgehead atoms. The minimum absolute atomic E-state index is 0. The molecule has 2 heterocycles. The van der Waals surface area contributed by atoms with Gasteiger partial charge in [0.2, 0.25) is 0 Å². The first-order valence-electron chi connectivity index (χ1n) is 11.1. The van der Waals surface area contributed by atoms with Gasteiger partial charge in [-0.05, 0) is 57.1 Å². The van der Waals surface area contributed by atoms with Gasteiger partial charge in [-0.1, -0.05) is 24.3 Å². The molecule has 1 aliphatic carbocycles. The van der Waals surface area contributed by atoms with Crippen LogP contribution in [0.3, 0.4) is 0 Å². The number of ether oxygens (including phenoxy) is 2. The third-order valence-corrected chi connectivity index (χ3v) is 6.28. The van der Waals surface area contributed by atoms with Crippen LogP contribution in [0.5, 0.6) is 0 Å². The highest BCUT2D eigenvalue weighted by Crippen LogP contribution is 2.42. The Kier molecular flexibility index (Phi) is 8.62. The summed E-state index contributed by atoms with van der Waals surface area (Å²) in [5, 5.41) is 3.74. The van der Waals surface area contributed by atoms with E-state index >= 15 is 0 Å². The highest BCUT2D eigenvalue weighted by molar-refractivity contribution is 14.0. The van der Waals surface area contributed by atoms with Crippen molar-refractivity contribution in [3.63, 3.8) is 0 Å². The Labute approximate surface area is 192 Å². The first-order chi connectivity index (χ1) is 13.7. The number of aliphatic imine (C=N–C) groups is 1. The van der Waals surface area contributed by atoms with Gasteiger partial charge in [0, 0.05) is 38.2 Å². The monoisotopic (exact) mass is 513 g/mol. The van der Waals surface area contributed by atoms with Crippen molar-refractivity contribution in [2.24, 2.45) is 4.99 Å². The van der Waals surface area contributed by atoms with E-state index in [-0.39, 0.29) is 24.0 Å². The van der Waals surface area contributed by atoms with Crippen molar-refractivity contribution in [1.29, 1.82) is 0 Å². The number of hydrogen-bond acceptors (Lipinski definition) is 3. The van der Waals surface area contributed by atoms with E-state index in [0.717, 1.165) is 58.1 Å². The van der Waals surface area contributed by atoms with Crippen molar-refractivity contribution < 1.29 is 9.47 Å². The lowest BCUT2D eigenvalue weighted by atomic mass is 10.0. The number of guanidine groups is 1. The molecule has 3 aliphatic rings. The number of piperidine rings is 1. The Morgan fingerprint density at radius 2 is 2.03 bits per heavy atom. The first kappa shape index (κ1) is 22.8. The molecule has 6 heteroatoms. The van der Waals surface area contributed by atoms with Crippen LogP contribution < -0.4 is 5.32 Å². The summed E-state index contributed by atoms with van der Waals surface area (Å²) in [6.07, 6.45) is 6.37. The minimum atomic E-state index is 0. The van der Waals surface area contributed by atoms with Crippen molar-refractivity contribution in [1.82, 2.24) is 10.2 Å².